The minimum Gasteiger partial charge on any atom is -0.411 e. The molecule has 0 radical (unpaired) electrons. The molecule has 1 saturated heterocycles. The van der Waals surface area contributed by atoms with E-state index in [0.717, 1.165) is 37.1 Å². The third kappa shape index (κ3) is 3.31. The van der Waals surface area contributed by atoms with Crippen molar-refractivity contribution >= 4 is 12.0 Å². The number of ether oxygens (including phenoxy) is 1. The van der Waals surface area contributed by atoms with Crippen LogP contribution < -0.4 is 10.5 Å². The van der Waals surface area contributed by atoms with Crippen LogP contribution in [0.15, 0.2) is 42.7 Å². The highest BCUT2D eigenvalue weighted by Gasteiger charge is 2.22. The van der Waals surface area contributed by atoms with Crippen molar-refractivity contribution in [3.8, 4) is 16.9 Å². The van der Waals surface area contributed by atoms with E-state index in [1.54, 1.807) is 42.7 Å². The summed E-state index contributed by atoms with van der Waals surface area (Å²) in [6.07, 6.45) is 4.53. The Bertz CT molecular complexity index is 722. The maximum absolute atomic E-state index is 12.7. The van der Waals surface area contributed by atoms with Crippen molar-refractivity contribution in [2.75, 3.05) is 13.1 Å². The molecule has 2 amide bonds. The van der Waals surface area contributed by atoms with Gasteiger partial charge in [0, 0.05) is 31.0 Å². The van der Waals surface area contributed by atoms with Crippen LogP contribution in [0, 0.1) is 0 Å². The molecule has 2 aromatic rings. The molecule has 2 N–H and O–H groups in total. The second-order valence-electron chi connectivity index (χ2n) is 5.37. The molecule has 0 unspecified atom stereocenters. The largest absolute Gasteiger partial charge is 0.411 e. The van der Waals surface area contributed by atoms with Gasteiger partial charge < -0.3 is 15.4 Å². The number of carbonyl (C=O) groups excluding carboxylic acids is 2. The quantitative estimate of drug-likeness (QED) is 0.943. The number of carbonyl (C=O) groups is 2. The van der Waals surface area contributed by atoms with Crippen LogP contribution in [0.1, 0.15) is 23.2 Å². The van der Waals surface area contributed by atoms with Crippen LogP contribution in [-0.2, 0) is 0 Å². The normalized spacial score (nSPS) is 13.8. The van der Waals surface area contributed by atoms with Crippen LogP contribution in [0.25, 0.3) is 11.1 Å². The number of rotatable bonds is 3. The van der Waals surface area contributed by atoms with Gasteiger partial charge in [0.25, 0.3) is 5.91 Å². The van der Waals surface area contributed by atoms with E-state index < -0.39 is 6.09 Å². The first-order chi connectivity index (χ1) is 11.1. The molecule has 1 fully saturated rings. The molecule has 1 aromatic carbocycles. The molecule has 6 heteroatoms. The molecule has 6 nitrogen and oxygen atoms in total. The van der Waals surface area contributed by atoms with Crippen LogP contribution in [0.2, 0.25) is 0 Å². The van der Waals surface area contributed by atoms with E-state index in [0.29, 0.717) is 11.3 Å². The van der Waals surface area contributed by atoms with Gasteiger partial charge in [-0.1, -0.05) is 12.1 Å². The molecular weight excluding hydrogens is 294 g/mol. The molecule has 0 aliphatic carbocycles. The second-order valence-corrected chi connectivity index (χ2v) is 5.37. The van der Waals surface area contributed by atoms with Crippen LogP contribution in [0.5, 0.6) is 5.75 Å². The van der Waals surface area contributed by atoms with Crippen LogP contribution in [-0.4, -0.2) is 35.0 Å². The lowest BCUT2D eigenvalue weighted by atomic mass is 10.0. The Balaban J connectivity index is 1.90. The average molecular weight is 311 g/mol. The molecule has 2 heterocycles. The van der Waals surface area contributed by atoms with E-state index in [-0.39, 0.29) is 5.91 Å². The fourth-order valence-electron chi connectivity index (χ4n) is 2.72. The molecule has 0 spiro atoms. The number of nitrogens with two attached hydrogens (primary N) is 1. The summed E-state index contributed by atoms with van der Waals surface area (Å²) in [4.78, 5) is 29.4. The summed E-state index contributed by atoms with van der Waals surface area (Å²) < 4.78 is 4.81. The van der Waals surface area contributed by atoms with Crippen LogP contribution in [0.3, 0.4) is 0 Å². The monoisotopic (exact) mass is 311 g/mol. The maximum Gasteiger partial charge on any atom is 0.409 e. The lowest BCUT2D eigenvalue weighted by molar-refractivity contribution is 0.0793. The Morgan fingerprint density at radius 1 is 1.09 bits per heavy atom. The molecule has 0 atom stereocenters. The van der Waals surface area contributed by atoms with Gasteiger partial charge in [0.05, 0.1) is 5.56 Å². The lowest BCUT2D eigenvalue weighted by Crippen LogP contribution is -2.28. The zero-order valence-corrected chi connectivity index (χ0v) is 12.6. The third-order valence-electron chi connectivity index (χ3n) is 3.83. The fourth-order valence-corrected chi connectivity index (χ4v) is 2.72. The summed E-state index contributed by atoms with van der Waals surface area (Å²) in [5, 5.41) is 0. The fraction of sp³-hybridized carbons (Fsp3) is 0.235. The summed E-state index contributed by atoms with van der Waals surface area (Å²) in [5.74, 6) is 0.384. The number of likely N-dealkylation sites (tertiary alicyclic amines) is 1. The van der Waals surface area contributed by atoms with Gasteiger partial charge in [-0.2, -0.15) is 0 Å². The first-order valence-electron chi connectivity index (χ1n) is 7.46. The molecular formula is C17H17N3O3. The molecule has 0 bridgehead atoms. The van der Waals surface area contributed by atoms with E-state index in [2.05, 4.69) is 4.98 Å². The van der Waals surface area contributed by atoms with Gasteiger partial charge in [-0.3, -0.25) is 9.78 Å². The predicted molar refractivity (Wildman–Crippen MR) is 85.0 cm³/mol. The minimum absolute atomic E-state index is 0.0253. The van der Waals surface area contributed by atoms with E-state index in [1.807, 2.05) is 4.90 Å². The zero-order chi connectivity index (χ0) is 16.2. The standard InChI is InChI=1S/C17H17N3O3/c18-17(22)23-13-5-3-12(4-6-13)15-11-19-8-7-14(15)16(21)20-9-1-2-10-20/h3-8,11H,1-2,9-10H2,(H2,18,22). The van der Waals surface area contributed by atoms with Gasteiger partial charge in [-0.05, 0) is 36.6 Å². The zero-order valence-electron chi connectivity index (χ0n) is 12.6. The number of primary amides is 1. The Morgan fingerprint density at radius 3 is 2.43 bits per heavy atom. The van der Waals surface area contributed by atoms with Crippen molar-refractivity contribution < 1.29 is 14.3 Å². The molecule has 1 aliphatic rings. The third-order valence-corrected chi connectivity index (χ3v) is 3.83. The highest BCUT2D eigenvalue weighted by Crippen LogP contribution is 2.27. The summed E-state index contributed by atoms with van der Waals surface area (Å²) in [6.45, 7) is 1.60. The summed E-state index contributed by atoms with van der Waals surface area (Å²) in [5.41, 5.74) is 7.21. The summed E-state index contributed by atoms with van der Waals surface area (Å²) >= 11 is 0. The van der Waals surface area contributed by atoms with Crippen molar-refractivity contribution in [1.82, 2.24) is 9.88 Å². The molecule has 118 valence electrons. The smallest absolute Gasteiger partial charge is 0.409 e. The van der Waals surface area contributed by atoms with Gasteiger partial charge in [0.2, 0.25) is 0 Å². The van der Waals surface area contributed by atoms with Crippen LogP contribution >= 0.6 is 0 Å². The van der Waals surface area contributed by atoms with E-state index >= 15 is 0 Å². The molecule has 0 saturated carbocycles. The highest BCUT2D eigenvalue weighted by molar-refractivity contribution is 6.00. The molecule has 3 rings (SSSR count). The second kappa shape index (κ2) is 6.48. The molecule has 1 aromatic heterocycles. The van der Waals surface area contributed by atoms with Crippen molar-refractivity contribution in [1.29, 1.82) is 0 Å². The van der Waals surface area contributed by atoms with Gasteiger partial charge >= 0.3 is 6.09 Å². The number of amides is 2. The van der Waals surface area contributed by atoms with E-state index in [4.69, 9.17) is 10.5 Å². The molecule has 23 heavy (non-hydrogen) atoms. The first-order valence-corrected chi connectivity index (χ1v) is 7.46. The van der Waals surface area contributed by atoms with Crippen molar-refractivity contribution in [2.45, 2.75) is 12.8 Å². The van der Waals surface area contributed by atoms with E-state index in [1.165, 1.54) is 0 Å². The minimum atomic E-state index is -0.857. The SMILES string of the molecule is NC(=O)Oc1ccc(-c2cnccc2C(=O)N2CCCC2)cc1. The summed E-state index contributed by atoms with van der Waals surface area (Å²) in [6, 6.07) is 8.56. The summed E-state index contributed by atoms with van der Waals surface area (Å²) in [7, 11) is 0. The van der Waals surface area contributed by atoms with Crippen molar-refractivity contribution in [2.24, 2.45) is 5.73 Å². The first kappa shape index (κ1) is 15.0. The van der Waals surface area contributed by atoms with E-state index in [9.17, 15) is 9.59 Å². The van der Waals surface area contributed by atoms with Gasteiger partial charge in [0.15, 0.2) is 0 Å². The Morgan fingerprint density at radius 2 is 1.78 bits per heavy atom. The van der Waals surface area contributed by atoms with Gasteiger partial charge in [-0.15, -0.1) is 0 Å². The Hall–Kier alpha value is -2.89. The Labute approximate surface area is 133 Å². The average Bonchev–Trinajstić information content (AvgIpc) is 3.09. The number of hydrogen-bond donors (Lipinski definition) is 1. The van der Waals surface area contributed by atoms with Gasteiger partial charge in [-0.25, -0.2) is 4.79 Å². The maximum atomic E-state index is 12.7. The lowest BCUT2D eigenvalue weighted by Gasteiger charge is -2.17. The van der Waals surface area contributed by atoms with Crippen LogP contribution in [0.4, 0.5) is 4.79 Å². The Kier molecular flexibility index (Phi) is 4.23. The van der Waals surface area contributed by atoms with Gasteiger partial charge in [0.1, 0.15) is 5.75 Å². The molecule has 1 aliphatic heterocycles. The number of benzene rings is 1. The van der Waals surface area contributed by atoms with Crippen molar-refractivity contribution in [3.05, 3.63) is 48.3 Å². The predicted octanol–water partition coefficient (Wildman–Crippen LogP) is 2.44. The van der Waals surface area contributed by atoms with Crippen molar-refractivity contribution in [3.63, 3.8) is 0 Å². The number of hydrogen-bond acceptors (Lipinski definition) is 4. The number of pyridine rings is 1. The number of aromatic nitrogens is 1. The highest BCUT2D eigenvalue weighted by atomic mass is 16.5. The topological polar surface area (TPSA) is 85.5 Å². The number of nitrogens with zero attached hydrogens (tertiary/aromatic N) is 2.